The Hall–Kier alpha value is -3.39. The molecule has 0 atom stereocenters. The summed E-state index contributed by atoms with van der Waals surface area (Å²) in [5, 5.41) is 9.73. The summed E-state index contributed by atoms with van der Waals surface area (Å²) in [5.41, 5.74) is 2.00. The number of aryl methyl sites for hydroxylation is 1. The Balaban J connectivity index is 1.42. The molecule has 0 unspecified atom stereocenters. The zero-order valence-electron chi connectivity index (χ0n) is 14.6. The molecule has 0 aliphatic heterocycles. The fourth-order valence-electron chi connectivity index (χ4n) is 2.81. The van der Waals surface area contributed by atoms with E-state index in [2.05, 4.69) is 15.4 Å². The normalized spacial score (nSPS) is 10.9. The van der Waals surface area contributed by atoms with Crippen molar-refractivity contribution in [2.45, 2.75) is 13.0 Å². The molecule has 1 amide bonds. The SMILES string of the molecule is O=C(CCn1ncc(=O)c2ccccc21)Nc1nc(-c2ccc(F)cc2)cs1. The number of fused-ring (bicyclic) bond motifs is 1. The van der Waals surface area contributed by atoms with Gasteiger partial charge in [-0.05, 0) is 36.4 Å². The summed E-state index contributed by atoms with van der Waals surface area (Å²) in [7, 11) is 0. The highest BCUT2D eigenvalue weighted by Crippen LogP contribution is 2.25. The first-order chi connectivity index (χ1) is 13.6. The molecule has 0 spiro atoms. The van der Waals surface area contributed by atoms with Crippen molar-refractivity contribution in [1.29, 1.82) is 0 Å². The van der Waals surface area contributed by atoms with Crippen molar-refractivity contribution in [3.05, 3.63) is 76.1 Å². The molecule has 2 heterocycles. The third kappa shape index (κ3) is 3.81. The van der Waals surface area contributed by atoms with Gasteiger partial charge in [0.1, 0.15) is 5.82 Å². The van der Waals surface area contributed by atoms with Crippen LogP contribution in [0.5, 0.6) is 0 Å². The summed E-state index contributed by atoms with van der Waals surface area (Å²) in [5.74, 6) is -0.513. The monoisotopic (exact) mass is 394 g/mol. The first kappa shape index (κ1) is 18.0. The van der Waals surface area contributed by atoms with Crippen molar-refractivity contribution in [1.82, 2.24) is 14.8 Å². The van der Waals surface area contributed by atoms with E-state index in [0.717, 1.165) is 5.56 Å². The van der Waals surface area contributed by atoms with Gasteiger partial charge in [0.05, 0.1) is 24.0 Å². The van der Waals surface area contributed by atoms with Gasteiger partial charge >= 0.3 is 0 Å². The van der Waals surface area contributed by atoms with Crippen LogP contribution in [0.1, 0.15) is 6.42 Å². The molecule has 0 radical (unpaired) electrons. The van der Waals surface area contributed by atoms with Gasteiger partial charge in [-0.3, -0.25) is 14.3 Å². The molecule has 0 aliphatic carbocycles. The van der Waals surface area contributed by atoms with Gasteiger partial charge in [0, 0.05) is 22.8 Å². The van der Waals surface area contributed by atoms with Gasteiger partial charge in [-0.1, -0.05) is 12.1 Å². The number of benzene rings is 2. The van der Waals surface area contributed by atoms with E-state index in [9.17, 15) is 14.0 Å². The number of aromatic nitrogens is 3. The van der Waals surface area contributed by atoms with Crippen LogP contribution in [0.2, 0.25) is 0 Å². The van der Waals surface area contributed by atoms with E-state index in [1.807, 2.05) is 6.07 Å². The van der Waals surface area contributed by atoms with Crippen LogP contribution in [0.4, 0.5) is 9.52 Å². The van der Waals surface area contributed by atoms with Crippen molar-refractivity contribution in [2.24, 2.45) is 0 Å². The van der Waals surface area contributed by atoms with Crippen LogP contribution < -0.4 is 10.7 Å². The minimum Gasteiger partial charge on any atom is -0.302 e. The zero-order valence-corrected chi connectivity index (χ0v) is 15.4. The van der Waals surface area contributed by atoms with Crippen LogP contribution in [0, 0.1) is 5.82 Å². The molecule has 2 aromatic carbocycles. The largest absolute Gasteiger partial charge is 0.302 e. The minimum absolute atomic E-state index is 0.146. The average Bonchev–Trinajstić information content (AvgIpc) is 3.16. The first-order valence-corrected chi connectivity index (χ1v) is 9.44. The fraction of sp³-hybridized carbons (Fsp3) is 0.100. The number of nitrogens with one attached hydrogen (secondary N) is 1. The maximum absolute atomic E-state index is 13.0. The van der Waals surface area contributed by atoms with E-state index >= 15 is 0 Å². The van der Waals surface area contributed by atoms with Gasteiger partial charge < -0.3 is 5.32 Å². The molecule has 0 saturated heterocycles. The number of halogens is 1. The lowest BCUT2D eigenvalue weighted by Crippen LogP contribution is -2.17. The van der Waals surface area contributed by atoms with Crippen LogP contribution in [0.3, 0.4) is 0 Å². The highest BCUT2D eigenvalue weighted by atomic mass is 32.1. The Morgan fingerprint density at radius 3 is 2.75 bits per heavy atom. The second-order valence-corrected chi connectivity index (χ2v) is 6.95. The van der Waals surface area contributed by atoms with Gasteiger partial charge in [-0.25, -0.2) is 9.37 Å². The molecule has 140 valence electrons. The molecule has 2 aromatic heterocycles. The van der Waals surface area contributed by atoms with Crippen molar-refractivity contribution in [2.75, 3.05) is 5.32 Å². The molecule has 0 saturated carbocycles. The fourth-order valence-corrected chi connectivity index (χ4v) is 3.55. The number of nitrogens with zero attached hydrogens (tertiary/aromatic N) is 3. The highest BCUT2D eigenvalue weighted by Gasteiger charge is 2.10. The third-order valence-electron chi connectivity index (χ3n) is 4.20. The molecule has 8 heteroatoms. The predicted molar refractivity (Wildman–Crippen MR) is 107 cm³/mol. The summed E-state index contributed by atoms with van der Waals surface area (Å²) in [6, 6.07) is 13.2. The summed E-state index contributed by atoms with van der Waals surface area (Å²) >= 11 is 1.30. The minimum atomic E-state index is -0.309. The lowest BCUT2D eigenvalue weighted by molar-refractivity contribution is -0.116. The number of carbonyl (C=O) groups is 1. The van der Waals surface area contributed by atoms with Crippen LogP contribution in [0.25, 0.3) is 22.2 Å². The molecule has 0 aliphatic rings. The second kappa shape index (κ2) is 7.69. The summed E-state index contributed by atoms with van der Waals surface area (Å²) in [6.45, 7) is 0.336. The molecule has 1 N–H and O–H groups in total. The molecule has 6 nitrogen and oxygen atoms in total. The van der Waals surface area contributed by atoms with E-state index in [0.29, 0.717) is 28.3 Å². The lowest BCUT2D eigenvalue weighted by Gasteiger charge is -2.08. The molecule has 0 bridgehead atoms. The molecular weight excluding hydrogens is 379 g/mol. The topological polar surface area (TPSA) is 76.9 Å². The van der Waals surface area contributed by atoms with E-state index < -0.39 is 0 Å². The number of anilines is 1. The van der Waals surface area contributed by atoms with Crippen LogP contribution in [-0.4, -0.2) is 20.7 Å². The number of thiazole rings is 1. The quantitative estimate of drug-likeness (QED) is 0.560. The molecule has 4 aromatic rings. The van der Waals surface area contributed by atoms with Gasteiger partial charge in [-0.15, -0.1) is 11.3 Å². The molecule has 28 heavy (non-hydrogen) atoms. The summed E-state index contributed by atoms with van der Waals surface area (Å²) in [6.07, 6.45) is 1.45. The van der Waals surface area contributed by atoms with Gasteiger partial charge in [0.2, 0.25) is 11.3 Å². The Morgan fingerprint density at radius 1 is 1.14 bits per heavy atom. The summed E-state index contributed by atoms with van der Waals surface area (Å²) in [4.78, 5) is 28.5. The maximum Gasteiger partial charge on any atom is 0.228 e. The number of rotatable bonds is 5. The van der Waals surface area contributed by atoms with E-state index in [4.69, 9.17) is 0 Å². The van der Waals surface area contributed by atoms with Gasteiger partial charge in [0.25, 0.3) is 0 Å². The van der Waals surface area contributed by atoms with E-state index in [-0.39, 0.29) is 23.6 Å². The van der Waals surface area contributed by atoms with Crippen molar-refractivity contribution in [3.63, 3.8) is 0 Å². The molecule has 4 rings (SSSR count). The standard InChI is InChI=1S/C20H15FN4O2S/c21-14-7-5-13(6-8-14)16-12-28-20(23-16)24-19(27)9-10-25-17-4-2-1-3-15(17)18(26)11-22-25/h1-8,11-12H,9-10H2,(H,23,24,27). The predicted octanol–water partition coefficient (Wildman–Crippen LogP) is 3.69. The molecular formula is C20H15FN4O2S. The number of hydrogen-bond acceptors (Lipinski definition) is 5. The van der Waals surface area contributed by atoms with Crippen LogP contribution >= 0.6 is 11.3 Å². The lowest BCUT2D eigenvalue weighted by atomic mass is 10.2. The smallest absolute Gasteiger partial charge is 0.228 e. The van der Waals surface area contributed by atoms with Crippen molar-refractivity contribution in [3.8, 4) is 11.3 Å². The average molecular weight is 394 g/mol. The number of amides is 1. The number of para-hydroxylation sites is 1. The van der Waals surface area contributed by atoms with Crippen molar-refractivity contribution >= 4 is 33.3 Å². The highest BCUT2D eigenvalue weighted by molar-refractivity contribution is 7.14. The van der Waals surface area contributed by atoms with Crippen molar-refractivity contribution < 1.29 is 9.18 Å². The molecule has 0 fully saturated rings. The van der Waals surface area contributed by atoms with E-state index in [1.54, 1.807) is 40.4 Å². The Morgan fingerprint density at radius 2 is 1.93 bits per heavy atom. The van der Waals surface area contributed by atoms with Gasteiger partial charge in [-0.2, -0.15) is 5.10 Å². The maximum atomic E-state index is 13.0. The van der Waals surface area contributed by atoms with Gasteiger partial charge in [0.15, 0.2) is 5.13 Å². The second-order valence-electron chi connectivity index (χ2n) is 6.09. The number of hydrogen-bond donors (Lipinski definition) is 1. The zero-order chi connectivity index (χ0) is 19.5. The van der Waals surface area contributed by atoms with Crippen LogP contribution in [0.15, 0.2) is 64.9 Å². The van der Waals surface area contributed by atoms with E-state index in [1.165, 1.54) is 29.7 Å². The first-order valence-electron chi connectivity index (χ1n) is 8.56. The Bertz CT molecular complexity index is 1200. The summed E-state index contributed by atoms with van der Waals surface area (Å²) < 4.78 is 14.7. The Kier molecular flexibility index (Phi) is 4.94. The Labute approximate surface area is 163 Å². The number of carbonyl (C=O) groups excluding carboxylic acids is 1. The third-order valence-corrected chi connectivity index (χ3v) is 4.96. The van der Waals surface area contributed by atoms with Crippen LogP contribution in [-0.2, 0) is 11.3 Å².